The van der Waals surface area contributed by atoms with Crippen molar-refractivity contribution in [3.63, 3.8) is 0 Å². The Labute approximate surface area is 154 Å². The first-order valence-electron chi connectivity index (χ1n) is 8.53. The number of amides is 3. The number of carbonyl (C=O) groups is 3. The minimum absolute atomic E-state index is 0.308. The van der Waals surface area contributed by atoms with Gasteiger partial charge in [-0.1, -0.05) is 19.1 Å². The Bertz CT molecular complexity index is 873. The molecule has 2 aliphatic heterocycles. The summed E-state index contributed by atoms with van der Waals surface area (Å²) in [6.45, 7) is 4.61. The molecule has 3 amide bonds. The van der Waals surface area contributed by atoms with Gasteiger partial charge in [-0.05, 0) is 18.7 Å². The second-order valence-corrected chi connectivity index (χ2v) is 7.38. The maximum atomic E-state index is 12.3. The van der Waals surface area contributed by atoms with Crippen LogP contribution < -0.4 is 5.32 Å². The zero-order chi connectivity index (χ0) is 18.3. The van der Waals surface area contributed by atoms with Gasteiger partial charge in [0.25, 0.3) is 11.8 Å². The highest BCUT2D eigenvalue weighted by Gasteiger charge is 2.36. The molecule has 3 heterocycles. The number of hydrogen-bond acceptors (Lipinski definition) is 6. The highest BCUT2D eigenvalue weighted by Crippen LogP contribution is 2.28. The van der Waals surface area contributed by atoms with E-state index in [9.17, 15) is 14.4 Å². The number of hydrogen-bond donors (Lipinski definition) is 1. The third-order valence-electron chi connectivity index (χ3n) is 4.68. The molecule has 8 heteroatoms. The normalized spacial score (nSPS) is 16.6. The molecule has 0 atom stereocenters. The lowest BCUT2D eigenvalue weighted by molar-refractivity contribution is -0.116. The molecule has 2 aliphatic rings. The number of nitrogens with one attached hydrogen (secondary N) is 1. The van der Waals surface area contributed by atoms with Gasteiger partial charge in [-0.3, -0.25) is 24.2 Å². The molecule has 0 saturated carbocycles. The van der Waals surface area contributed by atoms with Crippen LogP contribution in [-0.4, -0.2) is 52.1 Å². The smallest absolute Gasteiger partial charge is 0.262 e. The first kappa shape index (κ1) is 16.9. The Kier molecular flexibility index (Phi) is 4.29. The maximum absolute atomic E-state index is 12.3. The van der Waals surface area contributed by atoms with Crippen molar-refractivity contribution in [1.82, 2.24) is 14.8 Å². The van der Waals surface area contributed by atoms with E-state index in [1.165, 1.54) is 11.3 Å². The summed E-state index contributed by atoms with van der Waals surface area (Å²) in [7, 11) is 0. The number of carbonyl (C=O) groups excluding carboxylic acids is 3. The van der Waals surface area contributed by atoms with Crippen molar-refractivity contribution >= 4 is 34.2 Å². The van der Waals surface area contributed by atoms with E-state index in [4.69, 9.17) is 0 Å². The fraction of sp³-hybridized carbons (Fsp3) is 0.333. The van der Waals surface area contributed by atoms with Crippen LogP contribution in [0.3, 0.4) is 0 Å². The molecule has 26 heavy (non-hydrogen) atoms. The topological polar surface area (TPSA) is 82.6 Å². The number of imide groups is 1. The van der Waals surface area contributed by atoms with Gasteiger partial charge in [-0.25, -0.2) is 4.98 Å². The number of thiazole rings is 1. The van der Waals surface area contributed by atoms with E-state index in [1.807, 2.05) is 0 Å². The van der Waals surface area contributed by atoms with E-state index in [2.05, 4.69) is 22.1 Å². The fourth-order valence-electron chi connectivity index (χ4n) is 3.26. The summed E-state index contributed by atoms with van der Waals surface area (Å²) in [4.78, 5) is 46.0. The number of nitrogens with zero attached hydrogens (tertiary/aromatic N) is 3. The number of likely N-dealkylation sites (N-methyl/N-ethyl adjacent to an activating group) is 1. The van der Waals surface area contributed by atoms with Crippen molar-refractivity contribution in [2.75, 3.05) is 25.0 Å². The molecule has 0 unspecified atom stereocenters. The Morgan fingerprint density at radius 3 is 2.58 bits per heavy atom. The van der Waals surface area contributed by atoms with Crippen molar-refractivity contribution in [2.24, 2.45) is 0 Å². The fourth-order valence-corrected chi connectivity index (χ4v) is 4.32. The van der Waals surface area contributed by atoms with E-state index >= 15 is 0 Å². The van der Waals surface area contributed by atoms with Gasteiger partial charge in [0.1, 0.15) is 6.54 Å². The molecule has 0 radical (unpaired) electrons. The molecule has 2 aromatic rings. The van der Waals surface area contributed by atoms with Crippen LogP contribution >= 0.6 is 11.3 Å². The molecule has 4 rings (SSSR count). The number of rotatable bonds is 4. The van der Waals surface area contributed by atoms with Gasteiger partial charge in [0.15, 0.2) is 5.13 Å². The molecule has 0 fully saturated rings. The van der Waals surface area contributed by atoms with Gasteiger partial charge in [-0.15, -0.1) is 11.3 Å². The summed E-state index contributed by atoms with van der Waals surface area (Å²) in [6.07, 6.45) is 0.869. The number of aromatic nitrogens is 1. The van der Waals surface area contributed by atoms with Crippen molar-refractivity contribution in [2.45, 2.75) is 19.9 Å². The van der Waals surface area contributed by atoms with Crippen molar-refractivity contribution in [3.05, 3.63) is 46.0 Å². The van der Waals surface area contributed by atoms with Gasteiger partial charge in [-0.2, -0.15) is 0 Å². The Balaban J connectivity index is 1.43. The largest absolute Gasteiger partial charge is 0.300 e. The third-order valence-corrected chi connectivity index (χ3v) is 5.68. The van der Waals surface area contributed by atoms with E-state index in [0.29, 0.717) is 16.3 Å². The summed E-state index contributed by atoms with van der Waals surface area (Å²) in [5, 5.41) is 3.25. The molecular weight excluding hydrogens is 352 g/mol. The Hall–Kier alpha value is -2.58. The van der Waals surface area contributed by atoms with Crippen molar-refractivity contribution in [3.8, 4) is 0 Å². The van der Waals surface area contributed by atoms with E-state index < -0.39 is 17.7 Å². The molecule has 0 saturated heterocycles. The van der Waals surface area contributed by atoms with Gasteiger partial charge in [0.05, 0.1) is 16.8 Å². The molecular formula is C18H18N4O3S. The highest BCUT2D eigenvalue weighted by molar-refractivity contribution is 7.15. The second-order valence-electron chi connectivity index (χ2n) is 6.30. The van der Waals surface area contributed by atoms with Crippen LogP contribution in [0, 0.1) is 0 Å². The first-order valence-corrected chi connectivity index (χ1v) is 9.34. The van der Waals surface area contributed by atoms with Crippen LogP contribution in [0.15, 0.2) is 24.3 Å². The van der Waals surface area contributed by atoms with Crippen LogP contribution in [-0.2, 0) is 17.8 Å². The van der Waals surface area contributed by atoms with Crippen LogP contribution in [0.1, 0.15) is 38.2 Å². The standard InChI is InChI=1S/C18H18N4O3S/c1-2-21-8-7-13-14(9-21)26-18(19-13)20-15(23)10-22-16(24)11-5-3-4-6-12(11)17(22)25/h3-6H,2,7-10H2,1H3,(H,19,20,23). The van der Waals surface area contributed by atoms with E-state index in [1.54, 1.807) is 24.3 Å². The molecule has 0 bridgehead atoms. The summed E-state index contributed by atoms with van der Waals surface area (Å²) in [5.41, 5.74) is 1.71. The molecule has 1 N–H and O–H groups in total. The summed E-state index contributed by atoms with van der Waals surface area (Å²) in [6, 6.07) is 6.60. The third kappa shape index (κ3) is 2.91. The lowest BCUT2D eigenvalue weighted by Crippen LogP contribution is -2.37. The summed E-state index contributed by atoms with van der Waals surface area (Å²) < 4.78 is 0. The van der Waals surface area contributed by atoms with Gasteiger partial charge in [0.2, 0.25) is 5.91 Å². The summed E-state index contributed by atoms with van der Waals surface area (Å²) >= 11 is 1.46. The van der Waals surface area contributed by atoms with Gasteiger partial charge in [0, 0.05) is 24.4 Å². The number of anilines is 1. The zero-order valence-corrected chi connectivity index (χ0v) is 15.1. The second kappa shape index (κ2) is 6.62. The molecule has 1 aromatic carbocycles. The monoisotopic (exact) mass is 370 g/mol. The molecule has 0 spiro atoms. The van der Waals surface area contributed by atoms with Crippen LogP contribution in [0.2, 0.25) is 0 Å². The van der Waals surface area contributed by atoms with Crippen LogP contribution in [0.25, 0.3) is 0 Å². The Morgan fingerprint density at radius 2 is 1.92 bits per heavy atom. The average molecular weight is 370 g/mol. The lowest BCUT2D eigenvalue weighted by atomic mass is 10.1. The maximum Gasteiger partial charge on any atom is 0.262 e. The van der Waals surface area contributed by atoms with E-state index in [0.717, 1.165) is 41.5 Å². The number of benzene rings is 1. The van der Waals surface area contributed by atoms with Gasteiger partial charge >= 0.3 is 0 Å². The Morgan fingerprint density at radius 1 is 1.23 bits per heavy atom. The molecule has 1 aromatic heterocycles. The minimum atomic E-state index is -0.433. The van der Waals surface area contributed by atoms with Gasteiger partial charge < -0.3 is 5.32 Å². The minimum Gasteiger partial charge on any atom is -0.300 e. The van der Waals surface area contributed by atoms with E-state index in [-0.39, 0.29) is 6.54 Å². The van der Waals surface area contributed by atoms with Crippen molar-refractivity contribution in [1.29, 1.82) is 0 Å². The van der Waals surface area contributed by atoms with Crippen molar-refractivity contribution < 1.29 is 14.4 Å². The highest BCUT2D eigenvalue weighted by atomic mass is 32.1. The van der Waals surface area contributed by atoms with Crippen LogP contribution in [0.5, 0.6) is 0 Å². The predicted molar refractivity (Wildman–Crippen MR) is 97.2 cm³/mol. The molecule has 7 nitrogen and oxygen atoms in total. The first-order chi connectivity index (χ1) is 12.6. The predicted octanol–water partition coefficient (Wildman–Crippen LogP) is 1.76. The molecule has 0 aliphatic carbocycles. The quantitative estimate of drug-likeness (QED) is 0.829. The molecule has 134 valence electrons. The summed E-state index contributed by atoms with van der Waals surface area (Å²) in [5.74, 6) is -1.28. The average Bonchev–Trinajstić information content (AvgIpc) is 3.15. The number of fused-ring (bicyclic) bond motifs is 2. The zero-order valence-electron chi connectivity index (χ0n) is 14.3. The SMILES string of the molecule is CCN1CCc2nc(NC(=O)CN3C(=O)c4ccccc4C3=O)sc2C1. The lowest BCUT2D eigenvalue weighted by Gasteiger charge is -2.23. The van der Waals surface area contributed by atoms with Crippen LogP contribution in [0.4, 0.5) is 5.13 Å².